The minimum Gasteiger partial charge on any atom is -0.320 e. The molecule has 0 radical (unpaired) electrons. The molecule has 0 unspecified atom stereocenters. The highest BCUT2D eigenvalue weighted by atomic mass is 32.2. The number of nitro benzene ring substituents is 1. The Kier molecular flexibility index (Phi) is 8.26. The predicted octanol–water partition coefficient (Wildman–Crippen LogP) is 5.14. The van der Waals surface area contributed by atoms with E-state index in [9.17, 15) is 23.7 Å². The number of amides is 1. The molecule has 1 aliphatic carbocycles. The summed E-state index contributed by atoms with van der Waals surface area (Å²) in [5.74, 6) is -2.53. The maximum atomic E-state index is 14.9. The third-order valence-electron chi connectivity index (χ3n) is 6.16. The molecule has 1 aromatic heterocycles. The van der Waals surface area contributed by atoms with Gasteiger partial charge in [0.2, 0.25) is 0 Å². The number of non-ortho nitro benzene ring substituents is 1. The average molecular weight is 517 g/mol. The van der Waals surface area contributed by atoms with Crippen LogP contribution in [0.25, 0.3) is 0 Å². The van der Waals surface area contributed by atoms with Gasteiger partial charge in [0.15, 0.2) is 5.16 Å². The number of rotatable bonds is 10. The van der Waals surface area contributed by atoms with Gasteiger partial charge in [-0.25, -0.2) is 8.78 Å². The molecule has 1 saturated carbocycles. The standard InChI is InChI=1S/C24H26F2N6O3S/c1-27-9-4-10-31-14-28-30-24(31)36-21-8-7-17(32(34)35)13-18(21)23(33)29-22-19(25)11-16(12-20(22)26)15-5-2-3-6-15/h7-8,11-15,27H,2-6,9-10H2,1H3,(H,29,33). The summed E-state index contributed by atoms with van der Waals surface area (Å²) in [4.78, 5) is 24.2. The van der Waals surface area contributed by atoms with Gasteiger partial charge in [-0.15, -0.1) is 10.2 Å². The molecule has 0 bridgehead atoms. The lowest BCUT2D eigenvalue weighted by Crippen LogP contribution is -2.16. The summed E-state index contributed by atoms with van der Waals surface area (Å²) < 4.78 is 31.5. The molecule has 36 heavy (non-hydrogen) atoms. The lowest BCUT2D eigenvalue weighted by Gasteiger charge is -2.14. The van der Waals surface area contributed by atoms with Gasteiger partial charge in [0.1, 0.15) is 23.6 Å². The van der Waals surface area contributed by atoms with Crippen LogP contribution in [0.4, 0.5) is 20.2 Å². The molecule has 0 saturated heterocycles. The smallest absolute Gasteiger partial charge is 0.270 e. The van der Waals surface area contributed by atoms with Crippen LogP contribution in [0.1, 0.15) is 53.9 Å². The zero-order valence-electron chi connectivity index (χ0n) is 19.7. The lowest BCUT2D eigenvalue weighted by molar-refractivity contribution is -0.384. The topological polar surface area (TPSA) is 115 Å². The number of benzene rings is 2. The fourth-order valence-corrected chi connectivity index (χ4v) is 5.23. The van der Waals surface area contributed by atoms with Gasteiger partial charge in [0.05, 0.1) is 10.5 Å². The molecule has 2 N–H and O–H groups in total. The van der Waals surface area contributed by atoms with Crippen molar-refractivity contribution in [3.05, 3.63) is 69.5 Å². The average Bonchev–Trinajstić information content (AvgIpc) is 3.54. The van der Waals surface area contributed by atoms with E-state index in [0.717, 1.165) is 56.5 Å². The Labute approximate surface area is 210 Å². The normalized spacial score (nSPS) is 13.8. The molecular formula is C24H26F2N6O3S. The van der Waals surface area contributed by atoms with E-state index in [1.165, 1.54) is 24.3 Å². The molecule has 190 valence electrons. The van der Waals surface area contributed by atoms with Crippen molar-refractivity contribution >= 4 is 29.0 Å². The molecule has 4 rings (SSSR count). The first-order valence-electron chi connectivity index (χ1n) is 11.7. The van der Waals surface area contributed by atoms with Crippen molar-refractivity contribution in [1.29, 1.82) is 0 Å². The SMILES string of the molecule is CNCCCn1cnnc1Sc1ccc([N+](=O)[O-])cc1C(=O)Nc1c(F)cc(C2CCCC2)cc1F. The van der Waals surface area contributed by atoms with Crippen molar-refractivity contribution in [3.8, 4) is 0 Å². The zero-order chi connectivity index (χ0) is 25.7. The van der Waals surface area contributed by atoms with E-state index in [-0.39, 0.29) is 17.2 Å². The van der Waals surface area contributed by atoms with Gasteiger partial charge in [-0.1, -0.05) is 12.8 Å². The van der Waals surface area contributed by atoms with Crippen molar-refractivity contribution in [2.45, 2.75) is 54.6 Å². The Hall–Kier alpha value is -3.38. The third-order valence-corrected chi connectivity index (χ3v) is 7.23. The quantitative estimate of drug-likeness (QED) is 0.218. The summed E-state index contributed by atoms with van der Waals surface area (Å²) in [7, 11) is 1.84. The van der Waals surface area contributed by atoms with Crippen LogP contribution < -0.4 is 10.6 Å². The van der Waals surface area contributed by atoms with Crippen molar-refractivity contribution in [2.24, 2.45) is 0 Å². The number of carbonyl (C=O) groups excluding carboxylic acids is 1. The van der Waals surface area contributed by atoms with Gasteiger partial charge < -0.3 is 15.2 Å². The number of halogens is 2. The van der Waals surface area contributed by atoms with Crippen molar-refractivity contribution in [2.75, 3.05) is 18.9 Å². The Morgan fingerprint density at radius 3 is 2.61 bits per heavy atom. The van der Waals surface area contributed by atoms with Gasteiger partial charge in [0, 0.05) is 23.6 Å². The molecule has 1 aliphatic rings. The van der Waals surface area contributed by atoms with Crippen molar-refractivity contribution < 1.29 is 18.5 Å². The van der Waals surface area contributed by atoms with Gasteiger partial charge in [-0.05, 0) is 74.3 Å². The second kappa shape index (κ2) is 11.6. The first-order valence-corrected chi connectivity index (χ1v) is 12.5. The maximum absolute atomic E-state index is 14.9. The van der Waals surface area contributed by atoms with E-state index in [0.29, 0.717) is 22.2 Å². The number of hydrogen-bond acceptors (Lipinski definition) is 7. The number of nitrogens with one attached hydrogen (secondary N) is 2. The van der Waals surface area contributed by atoms with Crippen molar-refractivity contribution in [1.82, 2.24) is 20.1 Å². The summed E-state index contributed by atoms with van der Waals surface area (Å²) in [6, 6.07) is 6.28. The summed E-state index contributed by atoms with van der Waals surface area (Å²) in [5.41, 5.74) is -0.431. The van der Waals surface area contributed by atoms with E-state index >= 15 is 0 Å². The largest absolute Gasteiger partial charge is 0.320 e. The fraction of sp³-hybridized carbons (Fsp3) is 0.375. The monoisotopic (exact) mass is 516 g/mol. The fourth-order valence-electron chi connectivity index (χ4n) is 4.29. The summed E-state index contributed by atoms with van der Waals surface area (Å²) in [6.07, 6.45) is 6.15. The van der Waals surface area contributed by atoms with Crippen molar-refractivity contribution in [3.63, 3.8) is 0 Å². The van der Waals surface area contributed by atoms with Gasteiger partial charge in [-0.2, -0.15) is 0 Å². The number of nitrogens with zero attached hydrogens (tertiary/aromatic N) is 4. The number of carbonyl (C=O) groups is 1. The number of anilines is 1. The number of hydrogen-bond donors (Lipinski definition) is 2. The van der Waals surface area contributed by atoms with Crippen LogP contribution in [0.2, 0.25) is 0 Å². The van der Waals surface area contributed by atoms with E-state index < -0.39 is 28.2 Å². The summed E-state index contributed by atoms with van der Waals surface area (Å²) in [5, 5.41) is 25.2. The second-order valence-corrected chi connectivity index (χ2v) is 9.61. The number of aromatic nitrogens is 3. The minimum atomic E-state index is -0.880. The lowest BCUT2D eigenvalue weighted by atomic mass is 9.97. The highest BCUT2D eigenvalue weighted by molar-refractivity contribution is 7.99. The van der Waals surface area contributed by atoms with Crippen LogP contribution >= 0.6 is 11.8 Å². The number of nitro groups is 1. The molecule has 1 fully saturated rings. The zero-order valence-corrected chi connectivity index (χ0v) is 20.5. The third kappa shape index (κ3) is 5.88. The summed E-state index contributed by atoms with van der Waals surface area (Å²) in [6.45, 7) is 1.40. The van der Waals surface area contributed by atoms with Crippen LogP contribution in [0.15, 0.2) is 46.7 Å². The van der Waals surface area contributed by atoms with Crippen LogP contribution in [-0.4, -0.2) is 39.2 Å². The molecular weight excluding hydrogens is 490 g/mol. The molecule has 2 aromatic carbocycles. The van der Waals surface area contributed by atoms with Gasteiger partial charge in [0.25, 0.3) is 11.6 Å². The van der Waals surface area contributed by atoms with Crippen LogP contribution in [-0.2, 0) is 6.54 Å². The Morgan fingerprint density at radius 1 is 1.22 bits per heavy atom. The molecule has 9 nitrogen and oxygen atoms in total. The predicted molar refractivity (Wildman–Crippen MR) is 131 cm³/mol. The first-order chi connectivity index (χ1) is 17.4. The minimum absolute atomic E-state index is 0.0994. The molecule has 1 heterocycles. The van der Waals surface area contributed by atoms with Crippen LogP contribution in [0.5, 0.6) is 0 Å². The molecule has 12 heteroatoms. The molecule has 0 aliphatic heterocycles. The highest BCUT2D eigenvalue weighted by Crippen LogP contribution is 2.37. The van der Waals surface area contributed by atoms with E-state index in [1.807, 2.05) is 7.05 Å². The highest BCUT2D eigenvalue weighted by Gasteiger charge is 2.24. The van der Waals surface area contributed by atoms with Crippen LogP contribution in [0.3, 0.4) is 0 Å². The summed E-state index contributed by atoms with van der Waals surface area (Å²) >= 11 is 1.09. The van der Waals surface area contributed by atoms with Gasteiger partial charge in [-0.3, -0.25) is 14.9 Å². The molecule has 1 amide bonds. The van der Waals surface area contributed by atoms with Gasteiger partial charge >= 0.3 is 0 Å². The molecule has 3 aromatic rings. The van der Waals surface area contributed by atoms with E-state index in [2.05, 4.69) is 20.8 Å². The maximum Gasteiger partial charge on any atom is 0.270 e. The van der Waals surface area contributed by atoms with E-state index in [1.54, 1.807) is 10.9 Å². The Bertz CT molecular complexity index is 1240. The molecule has 0 atom stereocenters. The Morgan fingerprint density at radius 2 is 1.94 bits per heavy atom. The Balaban J connectivity index is 1.61. The molecule has 0 spiro atoms. The number of aryl methyl sites for hydroxylation is 1. The first kappa shape index (κ1) is 25.7. The van der Waals surface area contributed by atoms with E-state index in [4.69, 9.17) is 0 Å². The van der Waals surface area contributed by atoms with Crippen LogP contribution in [0, 0.1) is 21.7 Å². The second-order valence-electron chi connectivity index (χ2n) is 8.60.